The molecule has 1 spiro atoms. The van der Waals surface area contributed by atoms with Gasteiger partial charge in [0.25, 0.3) is 0 Å². The molecule has 3 heterocycles. The quantitative estimate of drug-likeness (QED) is 0.776. The van der Waals surface area contributed by atoms with Crippen LogP contribution in [0, 0.1) is 5.92 Å². The Kier molecular flexibility index (Phi) is 4.31. The van der Waals surface area contributed by atoms with Gasteiger partial charge in [-0.1, -0.05) is 0 Å². The van der Waals surface area contributed by atoms with Crippen molar-refractivity contribution in [3.63, 3.8) is 0 Å². The van der Waals surface area contributed by atoms with Gasteiger partial charge in [-0.25, -0.2) is 9.97 Å². The number of nitrogens with zero attached hydrogens (tertiary/aromatic N) is 3. The molecule has 2 aliphatic heterocycles. The third-order valence-electron chi connectivity index (χ3n) is 5.64. The number of carbonyl (C=O) groups excluding carboxylic acids is 2. The maximum Gasteiger partial charge on any atom is 0.316 e. The molecular formula is C18H23N3O4. The average molecular weight is 345 g/mol. The van der Waals surface area contributed by atoms with Gasteiger partial charge in [0.2, 0.25) is 5.91 Å². The molecule has 0 bridgehead atoms. The highest BCUT2D eigenvalue weighted by molar-refractivity contribution is 5.88. The molecule has 1 atom stereocenters. The molecule has 7 heteroatoms. The predicted octanol–water partition coefficient (Wildman–Crippen LogP) is 1.72. The van der Waals surface area contributed by atoms with Crippen molar-refractivity contribution in [2.24, 2.45) is 5.92 Å². The third-order valence-corrected chi connectivity index (χ3v) is 5.64. The van der Waals surface area contributed by atoms with E-state index in [4.69, 9.17) is 9.47 Å². The molecule has 0 N–H and O–H groups in total. The smallest absolute Gasteiger partial charge is 0.316 e. The number of aromatic nitrogens is 2. The molecule has 3 fully saturated rings. The highest BCUT2D eigenvalue weighted by Gasteiger charge is 2.54. The summed E-state index contributed by atoms with van der Waals surface area (Å²) in [5, 5.41) is 0. The molecule has 3 aliphatic rings. The Morgan fingerprint density at radius 3 is 2.56 bits per heavy atom. The first-order valence-corrected chi connectivity index (χ1v) is 9.11. The van der Waals surface area contributed by atoms with Crippen LogP contribution < -0.4 is 4.74 Å². The van der Waals surface area contributed by atoms with Gasteiger partial charge in [0.05, 0.1) is 12.3 Å². The fourth-order valence-corrected chi connectivity index (χ4v) is 4.34. The Hall–Kier alpha value is -2.18. The van der Waals surface area contributed by atoms with E-state index in [0.29, 0.717) is 19.1 Å². The van der Waals surface area contributed by atoms with Crippen LogP contribution in [-0.2, 0) is 14.3 Å². The summed E-state index contributed by atoms with van der Waals surface area (Å²) in [6, 6.07) is 2.13. The van der Waals surface area contributed by atoms with E-state index in [-0.39, 0.29) is 30.3 Å². The minimum absolute atomic E-state index is 0.0216. The first-order valence-electron chi connectivity index (χ1n) is 9.11. The second-order valence-corrected chi connectivity index (χ2v) is 7.18. The Balaban J connectivity index is 1.36. The van der Waals surface area contributed by atoms with Crippen LogP contribution in [0.1, 0.15) is 44.9 Å². The van der Waals surface area contributed by atoms with E-state index in [9.17, 15) is 9.59 Å². The van der Waals surface area contributed by atoms with Gasteiger partial charge >= 0.3 is 12.0 Å². The van der Waals surface area contributed by atoms with Gasteiger partial charge in [-0.05, 0) is 31.7 Å². The lowest BCUT2D eigenvalue weighted by Crippen LogP contribution is -2.49. The molecule has 25 heavy (non-hydrogen) atoms. The van der Waals surface area contributed by atoms with Gasteiger partial charge in [-0.15, -0.1) is 0 Å². The minimum Gasteiger partial charge on any atom is -0.460 e. The summed E-state index contributed by atoms with van der Waals surface area (Å²) in [5.41, 5.74) is -0.528. The van der Waals surface area contributed by atoms with Crippen molar-refractivity contribution in [3.8, 4) is 6.01 Å². The molecule has 1 aliphatic carbocycles. The summed E-state index contributed by atoms with van der Waals surface area (Å²) < 4.78 is 11.4. The van der Waals surface area contributed by atoms with Crippen molar-refractivity contribution in [1.82, 2.24) is 14.9 Å². The Morgan fingerprint density at radius 1 is 1.20 bits per heavy atom. The van der Waals surface area contributed by atoms with Crippen LogP contribution in [0.4, 0.5) is 0 Å². The lowest BCUT2D eigenvalue weighted by molar-refractivity contribution is -0.152. The van der Waals surface area contributed by atoms with Crippen LogP contribution in [0.15, 0.2) is 18.5 Å². The summed E-state index contributed by atoms with van der Waals surface area (Å²) >= 11 is 0. The van der Waals surface area contributed by atoms with E-state index in [1.807, 2.05) is 4.90 Å². The fraction of sp³-hybridized carbons (Fsp3) is 0.667. The van der Waals surface area contributed by atoms with E-state index >= 15 is 0 Å². The van der Waals surface area contributed by atoms with Crippen LogP contribution in [0.25, 0.3) is 0 Å². The second-order valence-electron chi connectivity index (χ2n) is 7.18. The molecule has 1 aromatic rings. The fourth-order valence-electron chi connectivity index (χ4n) is 4.34. The first-order chi connectivity index (χ1) is 12.2. The third kappa shape index (κ3) is 3.19. The topological polar surface area (TPSA) is 81.6 Å². The lowest BCUT2D eigenvalue weighted by atomic mass is 9.84. The van der Waals surface area contributed by atoms with Crippen LogP contribution in [-0.4, -0.2) is 51.5 Å². The Labute approximate surface area is 146 Å². The predicted molar refractivity (Wildman–Crippen MR) is 87.7 cm³/mol. The number of likely N-dealkylation sites (tertiary alicyclic amines) is 1. The number of esters is 1. The lowest BCUT2D eigenvalue weighted by Gasteiger charge is -2.36. The van der Waals surface area contributed by atoms with Crippen LogP contribution >= 0.6 is 0 Å². The molecule has 2 saturated heterocycles. The minimum atomic E-state index is -0.528. The second kappa shape index (κ2) is 6.61. The van der Waals surface area contributed by atoms with E-state index in [1.165, 1.54) is 0 Å². The van der Waals surface area contributed by atoms with Crippen LogP contribution in [0.5, 0.6) is 6.01 Å². The van der Waals surface area contributed by atoms with Gasteiger partial charge in [-0.3, -0.25) is 9.59 Å². The van der Waals surface area contributed by atoms with E-state index < -0.39 is 5.60 Å². The molecule has 1 aromatic heterocycles. The first kappa shape index (κ1) is 16.3. The number of amides is 1. The Bertz CT molecular complexity index is 637. The van der Waals surface area contributed by atoms with Gasteiger partial charge in [0, 0.05) is 38.3 Å². The van der Waals surface area contributed by atoms with Crippen molar-refractivity contribution in [2.45, 2.75) is 56.7 Å². The summed E-state index contributed by atoms with van der Waals surface area (Å²) in [6.45, 7) is 1.27. The monoisotopic (exact) mass is 345 g/mol. The zero-order valence-electron chi connectivity index (χ0n) is 14.2. The highest BCUT2D eigenvalue weighted by atomic mass is 16.6. The highest BCUT2D eigenvalue weighted by Crippen LogP contribution is 2.46. The molecule has 0 radical (unpaired) electrons. The molecule has 1 saturated carbocycles. The van der Waals surface area contributed by atoms with Crippen molar-refractivity contribution >= 4 is 11.9 Å². The van der Waals surface area contributed by atoms with Gasteiger partial charge in [0.1, 0.15) is 11.7 Å². The SMILES string of the molecule is O=C1C[C@@H](C(=O)N2CCC(Oc3ncccn3)CC2)C2(CCCC2)O1. The molecule has 134 valence electrons. The molecular weight excluding hydrogens is 322 g/mol. The van der Waals surface area contributed by atoms with Crippen LogP contribution in [0.2, 0.25) is 0 Å². The van der Waals surface area contributed by atoms with E-state index in [0.717, 1.165) is 38.5 Å². The number of hydrogen-bond acceptors (Lipinski definition) is 6. The maximum absolute atomic E-state index is 13.0. The zero-order valence-corrected chi connectivity index (χ0v) is 14.2. The normalized spacial score (nSPS) is 26.0. The van der Waals surface area contributed by atoms with Crippen molar-refractivity contribution in [1.29, 1.82) is 0 Å². The number of ether oxygens (including phenoxy) is 2. The van der Waals surface area contributed by atoms with E-state index in [2.05, 4.69) is 9.97 Å². The van der Waals surface area contributed by atoms with Gasteiger partial charge < -0.3 is 14.4 Å². The Morgan fingerprint density at radius 2 is 1.88 bits per heavy atom. The summed E-state index contributed by atoms with van der Waals surface area (Å²) in [4.78, 5) is 34.9. The summed E-state index contributed by atoms with van der Waals surface area (Å²) in [5.74, 6) is -0.459. The average Bonchev–Trinajstić information content (AvgIpc) is 3.23. The molecule has 1 amide bonds. The molecule has 0 aromatic carbocycles. The molecule has 4 rings (SSSR count). The largest absolute Gasteiger partial charge is 0.460 e. The summed E-state index contributed by atoms with van der Waals surface area (Å²) in [6.07, 6.45) is 8.75. The maximum atomic E-state index is 13.0. The molecule has 0 unspecified atom stereocenters. The van der Waals surface area contributed by atoms with Crippen LogP contribution in [0.3, 0.4) is 0 Å². The number of rotatable bonds is 3. The van der Waals surface area contributed by atoms with Crippen molar-refractivity contribution in [2.75, 3.05) is 13.1 Å². The van der Waals surface area contributed by atoms with E-state index in [1.54, 1.807) is 18.5 Å². The summed E-state index contributed by atoms with van der Waals surface area (Å²) in [7, 11) is 0. The molecule has 7 nitrogen and oxygen atoms in total. The zero-order chi connectivity index (χ0) is 17.3. The number of carbonyl (C=O) groups is 2. The number of hydrogen-bond donors (Lipinski definition) is 0. The number of piperidine rings is 1. The van der Waals surface area contributed by atoms with Gasteiger partial charge in [0.15, 0.2) is 0 Å². The van der Waals surface area contributed by atoms with Gasteiger partial charge in [-0.2, -0.15) is 0 Å². The standard InChI is InChI=1S/C18H23N3O4/c22-15-12-14(18(25-15)6-1-2-7-18)16(23)21-10-4-13(5-11-21)24-17-19-8-3-9-20-17/h3,8-9,13-14H,1-2,4-7,10-12H2/t14-/m0/s1. The van der Waals surface area contributed by atoms with Crippen molar-refractivity contribution < 1.29 is 19.1 Å². The van der Waals surface area contributed by atoms with Crippen molar-refractivity contribution in [3.05, 3.63) is 18.5 Å².